The number of aliphatic hydroxyl groups excluding tert-OH is 1. The normalized spacial score (nSPS) is 21.5. The van der Waals surface area contributed by atoms with Gasteiger partial charge in [-0.1, -0.05) is 57.9 Å². The Hall–Kier alpha value is -3.08. The lowest BCUT2D eigenvalue weighted by Crippen LogP contribution is -2.37. The van der Waals surface area contributed by atoms with Crippen molar-refractivity contribution >= 4 is 17.4 Å². The molecule has 4 rings (SSSR count). The molecule has 2 aromatic carbocycles. The second-order valence-electron chi connectivity index (χ2n) is 10.0. The van der Waals surface area contributed by atoms with Gasteiger partial charge in [-0.15, -0.1) is 0 Å². The molecule has 1 aliphatic carbocycles. The van der Waals surface area contributed by atoms with Crippen molar-refractivity contribution in [1.82, 2.24) is 4.90 Å². The van der Waals surface area contributed by atoms with E-state index in [9.17, 15) is 19.8 Å². The van der Waals surface area contributed by atoms with Gasteiger partial charge in [-0.25, -0.2) is 0 Å². The molecule has 168 valence electrons. The molecule has 1 saturated heterocycles. The molecule has 1 aliphatic heterocycles. The Labute approximate surface area is 189 Å². The number of likely N-dealkylation sites (tertiary alicyclic amines) is 1. The van der Waals surface area contributed by atoms with Crippen LogP contribution in [0.25, 0.3) is 5.76 Å². The van der Waals surface area contributed by atoms with E-state index in [4.69, 9.17) is 0 Å². The van der Waals surface area contributed by atoms with E-state index >= 15 is 0 Å². The Bertz CT molecular complexity index is 1090. The number of benzene rings is 2. The van der Waals surface area contributed by atoms with Crippen LogP contribution in [0.5, 0.6) is 5.75 Å². The lowest BCUT2D eigenvalue weighted by molar-refractivity contribution is -0.141. The number of nitrogens with zero attached hydrogens (tertiary/aromatic N) is 1. The van der Waals surface area contributed by atoms with Gasteiger partial charge in [0.05, 0.1) is 11.6 Å². The molecule has 5 heteroatoms. The second-order valence-corrected chi connectivity index (χ2v) is 10.0. The maximum absolute atomic E-state index is 13.3. The molecule has 0 spiro atoms. The Morgan fingerprint density at radius 1 is 1.00 bits per heavy atom. The Morgan fingerprint density at radius 3 is 2.22 bits per heavy atom. The van der Waals surface area contributed by atoms with Crippen molar-refractivity contribution < 1.29 is 19.8 Å². The molecule has 1 heterocycles. The quantitative estimate of drug-likeness (QED) is 0.388. The van der Waals surface area contributed by atoms with Gasteiger partial charge in [-0.2, -0.15) is 0 Å². The highest BCUT2D eigenvalue weighted by atomic mass is 16.3. The molecule has 0 aromatic heterocycles. The number of carbonyl (C=O) groups excluding carboxylic acids is 2. The SMILES string of the molecule is Cc1ccc(C(C)(C)C)cc1/C(O)=C1\C(=O)C(=O)N(C2CCCC2)C1c1ccc(O)cc1. The van der Waals surface area contributed by atoms with E-state index < -0.39 is 17.7 Å². The highest BCUT2D eigenvalue weighted by molar-refractivity contribution is 6.46. The van der Waals surface area contributed by atoms with Gasteiger partial charge >= 0.3 is 0 Å². The maximum Gasteiger partial charge on any atom is 0.295 e. The Kier molecular flexibility index (Phi) is 5.61. The van der Waals surface area contributed by atoms with Crippen LogP contribution in [0.15, 0.2) is 48.0 Å². The van der Waals surface area contributed by atoms with Crippen molar-refractivity contribution in [2.24, 2.45) is 0 Å². The molecule has 1 saturated carbocycles. The summed E-state index contributed by atoms with van der Waals surface area (Å²) in [5, 5.41) is 21.2. The fourth-order valence-corrected chi connectivity index (χ4v) is 4.88. The van der Waals surface area contributed by atoms with Crippen LogP contribution in [0.3, 0.4) is 0 Å². The summed E-state index contributed by atoms with van der Waals surface area (Å²) in [7, 11) is 0. The van der Waals surface area contributed by atoms with E-state index in [-0.39, 0.29) is 28.5 Å². The average molecular weight is 434 g/mol. The number of rotatable bonds is 3. The summed E-state index contributed by atoms with van der Waals surface area (Å²) < 4.78 is 0. The van der Waals surface area contributed by atoms with E-state index in [0.29, 0.717) is 11.1 Å². The number of aromatic hydroxyl groups is 1. The zero-order chi connectivity index (χ0) is 23.2. The number of amides is 1. The first-order chi connectivity index (χ1) is 15.1. The number of phenols is 1. The lowest BCUT2D eigenvalue weighted by atomic mass is 9.84. The van der Waals surface area contributed by atoms with Gasteiger partial charge in [0.25, 0.3) is 11.7 Å². The van der Waals surface area contributed by atoms with E-state index in [0.717, 1.165) is 36.8 Å². The van der Waals surface area contributed by atoms with Crippen molar-refractivity contribution in [3.8, 4) is 5.75 Å². The third-order valence-electron chi connectivity index (χ3n) is 6.77. The minimum Gasteiger partial charge on any atom is -0.508 e. The average Bonchev–Trinajstić information content (AvgIpc) is 3.35. The standard InChI is InChI=1S/C27H31NO4/c1-16-9-12-18(27(2,3)4)15-21(16)24(30)22-23(17-10-13-20(29)14-11-17)28(26(32)25(22)31)19-7-5-6-8-19/h9-15,19,23,29-30H,5-8H2,1-4H3/b24-22+. The van der Waals surface area contributed by atoms with Gasteiger partial charge in [0.15, 0.2) is 0 Å². The molecule has 32 heavy (non-hydrogen) atoms. The third kappa shape index (κ3) is 3.81. The molecule has 0 bridgehead atoms. The highest BCUT2D eigenvalue weighted by Gasteiger charge is 2.49. The molecule has 2 aromatic rings. The van der Waals surface area contributed by atoms with Crippen molar-refractivity contribution in [2.45, 2.75) is 70.9 Å². The molecule has 5 nitrogen and oxygen atoms in total. The Balaban J connectivity index is 1.92. The number of aryl methyl sites for hydroxylation is 1. The van der Waals surface area contributed by atoms with Gasteiger partial charge in [0.1, 0.15) is 11.5 Å². The summed E-state index contributed by atoms with van der Waals surface area (Å²) in [5.41, 5.74) is 3.16. The largest absolute Gasteiger partial charge is 0.508 e. The number of ketones is 1. The van der Waals surface area contributed by atoms with Crippen LogP contribution in [0.2, 0.25) is 0 Å². The van der Waals surface area contributed by atoms with Crippen LogP contribution in [-0.4, -0.2) is 32.8 Å². The van der Waals surface area contributed by atoms with Gasteiger partial charge < -0.3 is 15.1 Å². The lowest BCUT2D eigenvalue weighted by Gasteiger charge is -2.31. The van der Waals surface area contributed by atoms with Crippen molar-refractivity contribution in [2.75, 3.05) is 0 Å². The summed E-state index contributed by atoms with van der Waals surface area (Å²) in [6, 6.07) is 11.7. The fraction of sp³-hybridized carbons (Fsp3) is 0.407. The molecule has 1 unspecified atom stereocenters. The fourth-order valence-electron chi connectivity index (χ4n) is 4.88. The summed E-state index contributed by atoms with van der Waals surface area (Å²) in [4.78, 5) is 28.1. The molecular formula is C27H31NO4. The van der Waals surface area contributed by atoms with Crippen molar-refractivity contribution in [3.63, 3.8) is 0 Å². The summed E-state index contributed by atoms with van der Waals surface area (Å²) in [5.74, 6) is -1.22. The molecule has 2 N–H and O–H groups in total. The van der Waals surface area contributed by atoms with E-state index in [2.05, 4.69) is 20.8 Å². The van der Waals surface area contributed by atoms with Crippen LogP contribution >= 0.6 is 0 Å². The molecule has 2 fully saturated rings. The molecule has 1 atom stereocenters. The smallest absolute Gasteiger partial charge is 0.295 e. The number of Topliss-reactive ketones (excluding diaryl/α,β-unsaturated/α-hetero) is 1. The Morgan fingerprint density at radius 2 is 1.62 bits per heavy atom. The van der Waals surface area contributed by atoms with Gasteiger partial charge in [0, 0.05) is 11.6 Å². The first-order valence-corrected chi connectivity index (χ1v) is 11.3. The number of carbonyl (C=O) groups is 2. The zero-order valence-corrected chi connectivity index (χ0v) is 19.2. The number of aliphatic hydroxyl groups is 1. The van der Waals surface area contributed by atoms with Crippen molar-refractivity contribution in [1.29, 1.82) is 0 Å². The number of phenolic OH excluding ortho intramolecular Hbond substituents is 1. The van der Waals surface area contributed by atoms with E-state index in [1.54, 1.807) is 29.2 Å². The van der Waals surface area contributed by atoms with Gasteiger partial charge in [-0.05, 0) is 60.1 Å². The van der Waals surface area contributed by atoms with Gasteiger partial charge in [0.2, 0.25) is 0 Å². The van der Waals surface area contributed by atoms with E-state index in [1.807, 2.05) is 25.1 Å². The minimum absolute atomic E-state index is 0.0300. The topological polar surface area (TPSA) is 77.8 Å². The number of hydrogen-bond acceptors (Lipinski definition) is 4. The summed E-state index contributed by atoms with van der Waals surface area (Å²) in [6.45, 7) is 8.18. The highest BCUT2D eigenvalue weighted by Crippen LogP contribution is 2.44. The molecule has 0 radical (unpaired) electrons. The van der Waals surface area contributed by atoms with Crippen LogP contribution < -0.4 is 0 Å². The first kappa shape index (κ1) is 22.1. The predicted molar refractivity (Wildman–Crippen MR) is 124 cm³/mol. The second kappa shape index (κ2) is 8.12. The molecule has 2 aliphatic rings. The number of hydrogen-bond donors (Lipinski definition) is 2. The molecular weight excluding hydrogens is 402 g/mol. The van der Waals surface area contributed by atoms with Crippen molar-refractivity contribution in [3.05, 3.63) is 70.3 Å². The minimum atomic E-state index is -0.670. The van der Waals surface area contributed by atoms with E-state index in [1.165, 1.54) is 0 Å². The maximum atomic E-state index is 13.3. The van der Waals surface area contributed by atoms with Crippen LogP contribution in [0.1, 0.15) is 74.8 Å². The van der Waals surface area contributed by atoms with Crippen LogP contribution in [0.4, 0.5) is 0 Å². The summed E-state index contributed by atoms with van der Waals surface area (Å²) in [6.07, 6.45) is 3.73. The van der Waals surface area contributed by atoms with Gasteiger partial charge in [-0.3, -0.25) is 9.59 Å². The monoisotopic (exact) mass is 433 g/mol. The zero-order valence-electron chi connectivity index (χ0n) is 19.2. The van der Waals surface area contributed by atoms with Crippen LogP contribution in [-0.2, 0) is 15.0 Å². The molecule has 1 amide bonds. The first-order valence-electron chi connectivity index (χ1n) is 11.3. The predicted octanol–water partition coefficient (Wildman–Crippen LogP) is 5.36. The third-order valence-corrected chi connectivity index (χ3v) is 6.77. The summed E-state index contributed by atoms with van der Waals surface area (Å²) >= 11 is 0. The van der Waals surface area contributed by atoms with Crippen LogP contribution in [0, 0.1) is 6.92 Å².